The highest BCUT2D eigenvalue weighted by atomic mass is 79.9. The van der Waals surface area contributed by atoms with Gasteiger partial charge in [0, 0.05) is 22.9 Å². The zero-order valence-corrected chi connectivity index (χ0v) is 9.86. The fourth-order valence-electron chi connectivity index (χ4n) is 0.992. The highest BCUT2D eigenvalue weighted by Crippen LogP contribution is 2.22. The molecule has 0 unspecified atom stereocenters. The Morgan fingerprint density at radius 2 is 2.07 bits per heavy atom. The van der Waals surface area contributed by atoms with Gasteiger partial charge in [0.1, 0.15) is 5.75 Å². The van der Waals surface area contributed by atoms with Crippen LogP contribution in [-0.4, -0.2) is 9.97 Å². The van der Waals surface area contributed by atoms with Crippen molar-refractivity contribution in [2.45, 2.75) is 0 Å². The highest BCUT2D eigenvalue weighted by Gasteiger charge is 1.99. The van der Waals surface area contributed by atoms with Gasteiger partial charge in [-0.3, -0.25) is 4.98 Å². The predicted molar refractivity (Wildman–Crippen MR) is 61.3 cm³/mol. The average Bonchev–Trinajstić information content (AvgIpc) is 2.22. The van der Waals surface area contributed by atoms with Crippen molar-refractivity contribution in [2.24, 2.45) is 0 Å². The van der Waals surface area contributed by atoms with Crippen molar-refractivity contribution in [3.8, 4) is 11.6 Å². The zero-order valence-electron chi connectivity index (χ0n) is 7.52. The summed E-state index contributed by atoms with van der Waals surface area (Å²) in [5.41, 5.74) is 0. The van der Waals surface area contributed by atoms with Crippen LogP contribution in [-0.2, 0) is 0 Å². The fraction of sp³-hybridized carbons (Fsp3) is 0. The minimum absolute atomic E-state index is 0.485. The molecule has 5 heteroatoms. The molecule has 0 aliphatic heterocycles. The van der Waals surface area contributed by atoms with Crippen molar-refractivity contribution in [1.82, 2.24) is 9.97 Å². The predicted octanol–water partition coefficient (Wildman–Crippen LogP) is 3.68. The summed E-state index contributed by atoms with van der Waals surface area (Å²) in [6, 6.07) is 5.22. The lowest BCUT2D eigenvalue weighted by Gasteiger charge is -2.03. The zero-order chi connectivity index (χ0) is 10.7. The second-order valence-electron chi connectivity index (χ2n) is 2.76. The Bertz CT molecular complexity index is 461. The van der Waals surface area contributed by atoms with Gasteiger partial charge in [-0.05, 0) is 28.1 Å². The van der Waals surface area contributed by atoms with Crippen molar-refractivity contribution < 1.29 is 4.74 Å². The standard InChI is InChI=1S/C10H6BrClN2O/c11-7-3-9(6-13-4-7)15-10-2-1-8(12)5-14-10/h1-6H. The van der Waals surface area contributed by atoms with E-state index in [1.165, 1.54) is 6.20 Å². The summed E-state index contributed by atoms with van der Waals surface area (Å²) in [4.78, 5) is 7.98. The van der Waals surface area contributed by atoms with Crippen molar-refractivity contribution >= 4 is 27.5 Å². The molecule has 0 N–H and O–H groups in total. The Balaban J connectivity index is 2.18. The summed E-state index contributed by atoms with van der Waals surface area (Å²) in [7, 11) is 0. The Morgan fingerprint density at radius 1 is 1.20 bits per heavy atom. The van der Waals surface area contributed by atoms with Gasteiger partial charge in [-0.15, -0.1) is 0 Å². The van der Waals surface area contributed by atoms with E-state index < -0.39 is 0 Å². The van der Waals surface area contributed by atoms with Crippen LogP contribution in [0.3, 0.4) is 0 Å². The molecule has 0 radical (unpaired) electrons. The topological polar surface area (TPSA) is 35.0 Å². The lowest BCUT2D eigenvalue weighted by atomic mass is 10.4. The molecular formula is C10H6BrClN2O. The van der Waals surface area contributed by atoms with Crippen LogP contribution in [0.15, 0.2) is 41.3 Å². The molecule has 2 rings (SSSR count). The lowest BCUT2D eigenvalue weighted by molar-refractivity contribution is 0.460. The van der Waals surface area contributed by atoms with Gasteiger partial charge in [0.2, 0.25) is 5.88 Å². The third kappa shape index (κ3) is 2.91. The molecule has 0 spiro atoms. The molecule has 2 heterocycles. The maximum absolute atomic E-state index is 5.70. The van der Waals surface area contributed by atoms with Crippen molar-refractivity contribution in [2.75, 3.05) is 0 Å². The van der Waals surface area contributed by atoms with Crippen LogP contribution >= 0.6 is 27.5 Å². The van der Waals surface area contributed by atoms with E-state index in [1.54, 1.807) is 24.5 Å². The molecule has 0 fully saturated rings. The molecule has 76 valence electrons. The van der Waals surface area contributed by atoms with Crippen LogP contribution in [0.2, 0.25) is 5.02 Å². The lowest BCUT2D eigenvalue weighted by Crippen LogP contribution is -1.87. The third-order valence-electron chi connectivity index (χ3n) is 1.60. The van der Waals surface area contributed by atoms with E-state index in [1.807, 2.05) is 6.07 Å². The second kappa shape index (κ2) is 4.59. The number of ether oxygens (including phenoxy) is 1. The highest BCUT2D eigenvalue weighted by molar-refractivity contribution is 9.10. The number of nitrogens with zero attached hydrogens (tertiary/aromatic N) is 2. The van der Waals surface area contributed by atoms with E-state index in [0.717, 1.165) is 4.47 Å². The van der Waals surface area contributed by atoms with E-state index in [9.17, 15) is 0 Å². The first-order valence-electron chi connectivity index (χ1n) is 4.14. The first-order valence-corrected chi connectivity index (χ1v) is 5.31. The normalized spacial score (nSPS) is 10.0. The molecule has 0 aliphatic rings. The monoisotopic (exact) mass is 284 g/mol. The van der Waals surface area contributed by atoms with Crippen LogP contribution in [0, 0.1) is 0 Å². The Labute approximate surface area is 100 Å². The molecule has 2 aromatic heterocycles. The molecule has 2 aromatic rings. The third-order valence-corrected chi connectivity index (χ3v) is 2.26. The van der Waals surface area contributed by atoms with Crippen molar-refractivity contribution in [3.63, 3.8) is 0 Å². The molecular weight excluding hydrogens is 279 g/mol. The van der Waals surface area contributed by atoms with Crippen molar-refractivity contribution in [1.29, 1.82) is 0 Å². The molecule has 0 saturated carbocycles. The average molecular weight is 286 g/mol. The number of halogens is 2. The van der Waals surface area contributed by atoms with Gasteiger partial charge in [-0.25, -0.2) is 4.98 Å². The van der Waals surface area contributed by atoms with E-state index >= 15 is 0 Å². The fourth-order valence-corrected chi connectivity index (χ4v) is 1.45. The Morgan fingerprint density at radius 3 is 2.73 bits per heavy atom. The molecule has 3 nitrogen and oxygen atoms in total. The quantitative estimate of drug-likeness (QED) is 0.844. The van der Waals surface area contributed by atoms with E-state index in [0.29, 0.717) is 16.7 Å². The second-order valence-corrected chi connectivity index (χ2v) is 4.11. The van der Waals surface area contributed by atoms with Gasteiger partial charge in [0.05, 0.1) is 11.2 Å². The number of aromatic nitrogens is 2. The van der Waals surface area contributed by atoms with Crippen LogP contribution in [0.25, 0.3) is 0 Å². The van der Waals surface area contributed by atoms with Crippen LogP contribution in [0.1, 0.15) is 0 Å². The van der Waals surface area contributed by atoms with Gasteiger partial charge < -0.3 is 4.74 Å². The number of hydrogen-bond acceptors (Lipinski definition) is 3. The maximum atomic E-state index is 5.70. The Kier molecular flexibility index (Phi) is 3.18. The minimum atomic E-state index is 0.485. The first-order chi connectivity index (χ1) is 7.24. The maximum Gasteiger partial charge on any atom is 0.219 e. The van der Waals surface area contributed by atoms with Crippen LogP contribution < -0.4 is 4.74 Å². The minimum Gasteiger partial charge on any atom is -0.437 e. The van der Waals surface area contributed by atoms with Crippen LogP contribution in [0.4, 0.5) is 0 Å². The largest absolute Gasteiger partial charge is 0.437 e. The van der Waals surface area contributed by atoms with E-state index in [4.69, 9.17) is 16.3 Å². The molecule has 0 aromatic carbocycles. The number of rotatable bonds is 2. The molecule has 0 bridgehead atoms. The van der Waals surface area contributed by atoms with Gasteiger partial charge in [-0.2, -0.15) is 0 Å². The van der Waals surface area contributed by atoms with Gasteiger partial charge >= 0.3 is 0 Å². The van der Waals surface area contributed by atoms with E-state index in [-0.39, 0.29) is 0 Å². The summed E-state index contributed by atoms with van der Waals surface area (Å²) >= 11 is 9.01. The molecule has 0 aliphatic carbocycles. The summed E-state index contributed by atoms with van der Waals surface area (Å²) in [6.45, 7) is 0. The number of pyridine rings is 2. The smallest absolute Gasteiger partial charge is 0.219 e. The van der Waals surface area contributed by atoms with E-state index in [2.05, 4.69) is 25.9 Å². The van der Waals surface area contributed by atoms with Gasteiger partial charge in [-0.1, -0.05) is 11.6 Å². The van der Waals surface area contributed by atoms with Gasteiger partial charge in [0.15, 0.2) is 0 Å². The molecule has 15 heavy (non-hydrogen) atoms. The van der Waals surface area contributed by atoms with Crippen molar-refractivity contribution in [3.05, 3.63) is 46.3 Å². The Hall–Kier alpha value is -1.13. The molecule has 0 amide bonds. The molecule has 0 atom stereocenters. The van der Waals surface area contributed by atoms with Gasteiger partial charge in [0.25, 0.3) is 0 Å². The SMILES string of the molecule is Clc1ccc(Oc2cncc(Br)c2)nc1. The summed E-state index contributed by atoms with van der Waals surface area (Å²) in [6.07, 6.45) is 4.82. The van der Waals surface area contributed by atoms with Crippen LogP contribution in [0.5, 0.6) is 11.6 Å². The number of hydrogen-bond donors (Lipinski definition) is 0. The summed E-state index contributed by atoms with van der Waals surface area (Å²) in [5.74, 6) is 1.11. The first kappa shape index (κ1) is 10.4. The summed E-state index contributed by atoms with van der Waals surface area (Å²) in [5, 5.41) is 0.578. The summed E-state index contributed by atoms with van der Waals surface area (Å²) < 4.78 is 6.31. The molecule has 0 saturated heterocycles.